The summed E-state index contributed by atoms with van der Waals surface area (Å²) in [5.41, 5.74) is 3.44. The number of carbonyl (C=O) groups is 2. The van der Waals surface area contributed by atoms with Crippen LogP contribution >= 0.6 is 23.2 Å². The third kappa shape index (κ3) is 3.78. The molecule has 2 aromatic carbocycles. The number of para-hydroxylation sites is 1. The Morgan fingerprint density at radius 1 is 1.03 bits per heavy atom. The molecule has 2 amide bonds. The number of halogens is 2. The lowest BCUT2D eigenvalue weighted by molar-refractivity contribution is -0.116. The molecule has 0 radical (unpaired) electrons. The Morgan fingerprint density at radius 2 is 1.76 bits per heavy atom. The summed E-state index contributed by atoms with van der Waals surface area (Å²) in [6.07, 6.45) is 0.0749. The lowest BCUT2D eigenvalue weighted by Gasteiger charge is -2.16. The van der Waals surface area contributed by atoms with Crippen molar-refractivity contribution >= 4 is 51.8 Å². The summed E-state index contributed by atoms with van der Waals surface area (Å²) in [5.74, 6) is -0.165. The minimum atomic E-state index is -0.947. The van der Waals surface area contributed by atoms with Crippen LogP contribution < -0.4 is 5.32 Å². The quantitative estimate of drug-likeness (QED) is 0.632. The average molecular weight is 432 g/mol. The van der Waals surface area contributed by atoms with Crippen LogP contribution in [-0.4, -0.2) is 39.7 Å². The van der Waals surface area contributed by atoms with Crippen LogP contribution in [0.15, 0.2) is 42.5 Å². The van der Waals surface area contributed by atoms with Gasteiger partial charge in [0.15, 0.2) is 0 Å². The average Bonchev–Trinajstić information content (AvgIpc) is 2.84. The van der Waals surface area contributed by atoms with Crippen LogP contribution in [0, 0.1) is 0 Å². The minimum absolute atomic E-state index is 0.103. The van der Waals surface area contributed by atoms with Gasteiger partial charge in [-0.05, 0) is 36.2 Å². The van der Waals surface area contributed by atoms with Crippen LogP contribution in [0.1, 0.15) is 11.3 Å². The molecule has 0 saturated carbocycles. The minimum Gasteiger partial charge on any atom is -0.465 e. The molecule has 0 spiro atoms. The maximum atomic E-state index is 12.7. The molecular formula is C21H19Cl2N3O3. The van der Waals surface area contributed by atoms with Crippen molar-refractivity contribution < 1.29 is 14.7 Å². The first-order valence-electron chi connectivity index (χ1n) is 9.26. The Kier molecular flexibility index (Phi) is 5.39. The van der Waals surface area contributed by atoms with Crippen molar-refractivity contribution in [3.8, 4) is 0 Å². The molecule has 3 aromatic rings. The predicted molar refractivity (Wildman–Crippen MR) is 114 cm³/mol. The van der Waals surface area contributed by atoms with Gasteiger partial charge in [0.05, 0.1) is 15.6 Å². The van der Waals surface area contributed by atoms with Crippen molar-refractivity contribution in [3.05, 3.63) is 63.8 Å². The summed E-state index contributed by atoms with van der Waals surface area (Å²) < 4.78 is 1.93. The number of benzene rings is 2. The fraction of sp³-hybridized carbons (Fsp3) is 0.238. The van der Waals surface area contributed by atoms with Gasteiger partial charge >= 0.3 is 6.09 Å². The fourth-order valence-corrected chi connectivity index (χ4v) is 4.33. The Morgan fingerprint density at radius 3 is 2.48 bits per heavy atom. The van der Waals surface area contributed by atoms with E-state index in [-0.39, 0.29) is 12.5 Å². The molecule has 1 aromatic heterocycles. The van der Waals surface area contributed by atoms with Crippen molar-refractivity contribution in [1.82, 2.24) is 9.47 Å². The van der Waals surface area contributed by atoms with Crippen LogP contribution in [0.25, 0.3) is 10.9 Å². The van der Waals surface area contributed by atoms with Gasteiger partial charge in [0, 0.05) is 36.3 Å². The highest BCUT2D eigenvalue weighted by Gasteiger charge is 2.26. The van der Waals surface area contributed by atoms with Crippen molar-refractivity contribution in [2.45, 2.75) is 19.4 Å². The van der Waals surface area contributed by atoms with Gasteiger partial charge < -0.3 is 19.9 Å². The number of fused-ring (bicyclic) bond motifs is 3. The predicted octanol–water partition coefficient (Wildman–Crippen LogP) is 4.67. The van der Waals surface area contributed by atoms with Crippen molar-refractivity contribution in [3.63, 3.8) is 0 Å². The molecule has 0 saturated heterocycles. The fourth-order valence-electron chi connectivity index (χ4n) is 3.90. The first-order chi connectivity index (χ1) is 14.0. The van der Waals surface area contributed by atoms with Gasteiger partial charge in [-0.2, -0.15) is 0 Å². The van der Waals surface area contributed by atoms with E-state index in [0.717, 1.165) is 27.8 Å². The lowest BCUT2D eigenvalue weighted by atomic mass is 10.1. The number of nitrogens with zero attached hydrogens (tertiary/aromatic N) is 2. The van der Waals surface area contributed by atoms with E-state index in [0.29, 0.717) is 36.0 Å². The molecule has 0 unspecified atom stereocenters. The van der Waals surface area contributed by atoms with E-state index in [4.69, 9.17) is 23.2 Å². The molecule has 29 heavy (non-hydrogen) atoms. The topological polar surface area (TPSA) is 74.6 Å². The highest BCUT2D eigenvalue weighted by molar-refractivity contribution is 6.45. The third-order valence-corrected chi connectivity index (χ3v) is 6.02. The smallest absolute Gasteiger partial charge is 0.407 e. The summed E-state index contributed by atoms with van der Waals surface area (Å²) in [6.45, 7) is 0.844. The van der Waals surface area contributed by atoms with Gasteiger partial charge in [-0.25, -0.2) is 4.79 Å². The van der Waals surface area contributed by atoms with Crippen molar-refractivity contribution in [2.75, 3.05) is 18.4 Å². The maximum Gasteiger partial charge on any atom is 0.407 e. The molecule has 0 fully saturated rings. The van der Waals surface area contributed by atoms with Gasteiger partial charge in [0.1, 0.15) is 6.54 Å². The van der Waals surface area contributed by atoms with Crippen LogP contribution in [0.2, 0.25) is 10.0 Å². The first kappa shape index (κ1) is 19.6. The number of amides is 2. The molecule has 1 aliphatic rings. The van der Waals surface area contributed by atoms with E-state index in [9.17, 15) is 14.7 Å². The molecular weight excluding hydrogens is 413 g/mol. The number of carboxylic acid groups (broad SMARTS) is 1. The van der Waals surface area contributed by atoms with E-state index in [1.165, 1.54) is 4.90 Å². The SMILES string of the molecule is O=C(Cn1c2c(c3c(Cl)c(Cl)ccc31)CCN(C(=O)O)CC2)Nc1ccccc1. The van der Waals surface area contributed by atoms with Gasteiger partial charge in [-0.1, -0.05) is 41.4 Å². The van der Waals surface area contributed by atoms with Crippen LogP contribution in [0.5, 0.6) is 0 Å². The van der Waals surface area contributed by atoms with Gasteiger partial charge in [0.25, 0.3) is 0 Å². The normalized spacial score (nSPS) is 13.8. The number of anilines is 1. The monoisotopic (exact) mass is 431 g/mol. The van der Waals surface area contributed by atoms with Crippen LogP contribution in [0.4, 0.5) is 10.5 Å². The molecule has 0 atom stereocenters. The van der Waals surface area contributed by atoms with E-state index >= 15 is 0 Å². The molecule has 0 bridgehead atoms. The summed E-state index contributed by atoms with van der Waals surface area (Å²) in [4.78, 5) is 25.6. The third-order valence-electron chi connectivity index (χ3n) is 5.22. The molecule has 2 N–H and O–H groups in total. The number of carbonyl (C=O) groups excluding carboxylic acids is 1. The molecule has 6 nitrogen and oxygen atoms in total. The Hall–Kier alpha value is -2.70. The number of aromatic nitrogens is 1. The molecule has 2 heterocycles. The van der Waals surface area contributed by atoms with E-state index in [2.05, 4.69) is 5.32 Å². The zero-order valence-electron chi connectivity index (χ0n) is 15.5. The largest absolute Gasteiger partial charge is 0.465 e. The summed E-state index contributed by atoms with van der Waals surface area (Å²) in [5, 5.41) is 13.9. The van der Waals surface area contributed by atoms with E-state index < -0.39 is 6.09 Å². The number of hydrogen-bond acceptors (Lipinski definition) is 2. The van der Waals surface area contributed by atoms with Gasteiger partial charge in [-0.3, -0.25) is 4.79 Å². The maximum absolute atomic E-state index is 12.7. The lowest BCUT2D eigenvalue weighted by Crippen LogP contribution is -2.32. The molecule has 1 aliphatic heterocycles. The number of hydrogen-bond donors (Lipinski definition) is 2. The van der Waals surface area contributed by atoms with E-state index in [1.807, 2.05) is 41.0 Å². The summed E-state index contributed by atoms with van der Waals surface area (Å²) in [7, 11) is 0. The Labute approximate surface area is 177 Å². The highest BCUT2D eigenvalue weighted by Crippen LogP contribution is 2.38. The molecule has 4 rings (SSSR count). The van der Waals surface area contributed by atoms with Gasteiger partial charge in [-0.15, -0.1) is 0 Å². The highest BCUT2D eigenvalue weighted by atomic mass is 35.5. The summed E-state index contributed by atoms with van der Waals surface area (Å²) >= 11 is 12.8. The second kappa shape index (κ2) is 7.97. The van der Waals surface area contributed by atoms with E-state index in [1.54, 1.807) is 6.07 Å². The standard InChI is InChI=1S/C21H19Cl2N3O3/c22-15-6-7-17-19(20(15)23)14-8-10-25(21(28)29)11-9-16(14)26(17)12-18(27)24-13-4-2-1-3-5-13/h1-7H,8-12H2,(H,24,27)(H,28,29). The molecule has 0 aliphatic carbocycles. The molecule has 8 heteroatoms. The Balaban J connectivity index is 1.74. The van der Waals surface area contributed by atoms with Crippen LogP contribution in [0.3, 0.4) is 0 Å². The van der Waals surface area contributed by atoms with Gasteiger partial charge in [0.2, 0.25) is 5.91 Å². The second-order valence-corrected chi connectivity index (χ2v) is 7.74. The van der Waals surface area contributed by atoms with Crippen LogP contribution in [-0.2, 0) is 24.2 Å². The zero-order chi connectivity index (χ0) is 20.5. The first-order valence-corrected chi connectivity index (χ1v) is 10.0. The number of nitrogens with one attached hydrogen (secondary N) is 1. The van der Waals surface area contributed by atoms with Crippen molar-refractivity contribution in [2.24, 2.45) is 0 Å². The molecule has 150 valence electrons. The summed E-state index contributed by atoms with van der Waals surface area (Å²) in [6, 6.07) is 12.8. The number of rotatable bonds is 3. The van der Waals surface area contributed by atoms with Crippen molar-refractivity contribution in [1.29, 1.82) is 0 Å². The Bertz CT molecular complexity index is 1100. The second-order valence-electron chi connectivity index (χ2n) is 6.95. The zero-order valence-corrected chi connectivity index (χ0v) is 17.0.